The van der Waals surface area contributed by atoms with Gasteiger partial charge < -0.3 is 35.1 Å². The van der Waals surface area contributed by atoms with Gasteiger partial charge in [-0.1, -0.05) is 19.9 Å². The van der Waals surface area contributed by atoms with E-state index in [1.165, 1.54) is 36.9 Å². The summed E-state index contributed by atoms with van der Waals surface area (Å²) in [6.07, 6.45) is 6.51. The van der Waals surface area contributed by atoms with Crippen LogP contribution < -0.4 is 24.2 Å². The molecule has 6 heteroatoms. The average Bonchev–Trinajstić information content (AvgIpc) is 3.09. The van der Waals surface area contributed by atoms with Crippen molar-refractivity contribution in [1.82, 2.24) is 0 Å². The minimum atomic E-state index is -0.426. The van der Waals surface area contributed by atoms with Crippen molar-refractivity contribution in [3.05, 3.63) is 78.4 Å². The summed E-state index contributed by atoms with van der Waals surface area (Å²) in [5, 5.41) is 4.50. The van der Waals surface area contributed by atoms with Crippen LogP contribution in [0.4, 0.5) is 5.69 Å². The maximum atomic E-state index is 11.4. The number of carbonyl (C=O) groups excluding carboxylic acids is 2. The largest absolute Gasteiger partial charge is 1.00 e. The van der Waals surface area contributed by atoms with E-state index in [1.54, 1.807) is 0 Å². The van der Waals surface area contributed by atoms with Crippen molar-refractivity contribution in [2.45, 2.75) is 52.9 Å². The second kappa shape index (κ2) is 18.9. The monoisotopic (exact) mass is 436 g/mol. The van der Waals surface area contributed by atoms with Crippen molar-refractivity contribution in [3.8, 4) is 0 Å². The number of unbranched alkanes of at least 4 members (excludes halogenated alkanes) is 2. The molecule has 1 aromatic carbocycles. The van der Waals surface area contributed by atoms with Gasteiger partial charge in [-0.25, -0.2) is 4.79 Å². The van der Waals surface area contributed by atoms with E-state index in [0.717, 1.165) is 30.4 Å². The molecule has 1 N–H and O–H groups in total. The summed E-state index contributed by atoms with van der Waals surface area (Å²) in [6.45, 7) is 17.0. The molecule has 31 heavy (non-hydrogen) atoms. The zero-order valence-corrected chi connectivity index (χ0v) is 20.6. The first kappa shape index (κ1) is 31.4. The smallest absolute Gasteiger partial charge is 0.465 e. The third kappa shape index (κ3) is 13.3. The van der Waals surface area contributed by atoms with Crippen LogP contribution >= 0.6 is 11.3 Å². The van der Waals surface area contributed by atoms with Gasteiger partial charge in [0, 0.05) is 0 Å². The molecule has 0 aliphatic carbocycles. The summed E-state index contributed by atoms with van der Waals surface area (Å²) < 4.78 is 4.64. The van der Waals surface area contributed by atoms with E-state index in [9.17, 15) is 9.59 Å². The maximum absolute atomic E-state index is 11.4. The van der Waals surface area contributed by atoms with Crippen LogP contribution in [0.3, 0.4) is 0 Å². The summed E-state index contributed by atoms with van der Waals surface area (Å²) in [5.74, 6) is -0.626. The van der Waals surface area contributed by atoms with Gasteiger partial charge in [0.1, 0.15) is 4.88 Å². The molecule has 0 aliphatic rings. The SMILES string of the molecule is CC[CH-]C(=O)Nc1c(C)csc1C(=O)OC.[CH2-]CCC[CH2-].[CH2-]c1cccc(CC)c1.[Li+]. The van der Waals surface area contributed by atoms with Crippen LogP contribution in [0.2, 0.25) is 0 Å². The van der Waals surface area contributed by atoms with Gasteiger partial charge in [0.2, 0.25) is 0 Å². The number of carbonyl (C=O) groups is 2. The molecule has 0 saturated heterocycles. The molecule has 0 saturated carbocycles. The molecule has 2 rings (SSSR count). The van der Waals surface area contributed by atoms with Crippen LogP contribution in [0, 0.1) is 34.1 Å². The maximum Gasteiger partial charge on any atom is 1.00 e. The quantitative estimate of drug-likeness (QED) is 0.410. The molecular formula is C25H35LiNO3S-3. The van der Waals surface area contributed by atoms with Crippen LogP contribution in [-0.4, -0.2) is 19.0 Å². The molecular weight excluding hydrogens is 401 g/mol. The molecule has 1 amide bonds. The number of benzene rings is 1. The van der Waals surface area contributed by atoms with Crippen molar-refractivity contribution in [3.63, 3.8) is 0 Å². The summed E-state index contributed by atoms with van der Waals surface area (Å²) in [5.41, 5.74) is 3.88. The van der Waals surface area contributed by atoms with Crippen molar-refractivity contribution in [2.24, 2.45) is 0 Å². The molecule has 0 radical (unpaired) electrons. The van der Waals surface area contributed by atoms with Crippen LogP contribution in [-0.2, 0) is 16.0 Å². The van der Waals surface area contributed by atoms with Crippen molar-refractivity contribution < 1.29 is 33.2 Å². The average molecular weight is 437 g/mol. The fraction of sp³-hybridized carbons (Fsp3) is 0.360. The summed E-state index contributed by atoms with van der Waals surface area (Å²) in [6, 6.07) is 8.29. The number of methoxy groups -OCH3 is 1. The predicted molar refractivity (Wildman–Crippen MR) is 128 cm³/mol. The van der Waals surface area contributed by atoms with Gasteiger partial charge in [0.15, 0.2) is 0 Å². The van der Waals surface area contributed by atoms with E-state index in [1.807, 2.05) is 31.4 Å². The van der Waals surface area contributed by atoms with Crippen molar-refractivity contribution in [1.29, 1.82) is 0 Å². The first-order valence-corrected chi connectivity index (χ1v) is 11.0. The van der Waals surface area contributed by atoms with Gasteiger partial charge in [-0.15, -0.1) is 29.4 Å². The summed E-state index contributed by atoms with van der Waals surface area (Å²) in [4.78, 5) is 23.3. The number of aryl methyl sites for hydroxylation is 2. The summed E-state index contributed by atoms with van der Waals surface area (Å²) >= 11 is 1.27. The van der Waals surface area contributed by atoms with E-state index < -0.39 is 5.97 Å². The minimum absolute atomic E-state index is 0. The number of thiophene rings is 1. The first-order chi connectivity index (χ1) is 14.3. The molecule has 0 unspecified atom stereocenters. The Morgan fingerprint density at radius 1 is 1.19 bits per heavy atom. The second-order valence-electron chi connectivity index (χ2n) is 6.45. The topological polar surface area (TPSA) is 55.4 Å². The first-order valence-electron chi connectivity index (χ1n) is 10.1. The third-order valence-electron chi connectivity index (χ3n) is 3.88. The zero-order chi connectivity index (χ0) is 22.9. The van der Waals surface area contributed by atoms with Crippen LogP contribution in [0.5, 0.6) is 0 Å². The molecule has 2 aromatic rings. The van der Waals surface area contributed by atoms with Crippen molar-refractivity contribution in [2.75, 3.05) is 12.4 Å². The van der Waals surface area contributed by atoms with E-state index >= 15 is 0 Å². The Hall–Kier alpha value is -1.80. The molecule has 0 aliphatic heterocycles. The third-order valence-corrected chi connectivity index (χ3v) is 4.96. The Kier molecular flexibility index (Phi) is 19.2. The van der Waals surface area contributed by atoms with Gasteiger partial charge in [0.05, 0.1) is 18.7 Å². The number of nitrogens with one attached hydrogen (secondary N) is 1. The molecule has 1 aromatic heterocycles. The van der Waals surface area contributed by atoms with Crippen LogP contribution in [0.25, 0.3) is 0 Å². The molecule has 0 spiro atoms. The van der Waals surface area contributed by atoms with E-state index in [4.69, 9.17) is 0 Å². The van der Waals surface area contributed by atoms with Gasteiger partial charge in [-0.3, -0.25) is 0 Å². The second-order valence-corrected chi connectivity index (χ2v) is 7.33. The molecule has 4 nitrogen and oxygen atoms in total. The number of hydrogen-bond donors (Lipinski definition) is 1. The van der Waals surface area contributed by atoms with Crippen molar-refractivity contribution >= 4 is 28.9 Å². The number of amides is 1. The molecule has 1 heterocycles. The Balaban J connectivity index is 0. The van der Waals surface area contributed by atoms with E-state index in [-0.39, 0.29) is 24.8 Å². The van der Waals surface area contributed by atoms with Crippen LogP contribution in [0.15, 0.2) is 29.6 Å². The molecule has 0 bridgehead atoms. The van der Waals surface area contributed by atoms with Crippen LogP contribution in [0.1, 0.15) is 65.9 Å². The normalized spacial score (nSPS) is 9.10. The Labute approximate surface area is 205 Å². The molecule has 0 atom stereocenters. The number of anilines is 1. The molecule has 0 fully saturated rings. The zero-order valence-electron chi connectivity index (χ0n) is 19.8. The van der Waals surface area contributed by atoms with Gasteiger partial charge in [-0.2, -0.15) is 43.9 Å². The van der Waals surface area contributed by atoms with E-state index in [2.05, 4.69) is 49.9 Å². The Bertz CT molecular complexity index is 757. The number of esters is 1. The summed E-state index contributed by atoms with van der Waals surface area (Å²) in [7, 11) is 1.32. The standard InChI is InChI=1S/C11H14NO3S.C9H11.C5H10.Li/c1-4-5-8(13)12-9-7(2)6-16-10(9)11(14)15-3;1-3-9-6-4-5-8(2)7-9;1-3-5-4-2;/h5-6H,4H2,1-3H3,(H,12,13);4-7H,2-3H2,1H3;1-5H2;/q2*-1;-2;+1. The van der Waals surface area contributed by atoms with Gasteiger partial charge in [-0.05, 0) is 24.3 Å². The number of hydrogen-bond acceptors (Lipinski definition) is 4. The Morgan fingerprint density at radius 2 is 1.84 bits per heavy atom. The minimum Gasteiger partial charge on any atom is -0.465 e. The predicted octanol–water partition coefficient (Wildman–Crippen LogP) is 3.66. The molecule has 168 valence electrons. The fourth-order valence-electron chi connectivity index (χ4n) is 2.23. The van der Waals surface area contributed by atoms with E-state index in [0.29, 0.717) is 17.0 Å². The van der Waals surface area contributed by atoms with Gasteiger partial charge >= 0.3 is 24.8 Å². The fourth-order valence-corrected chi connectivity index (χ4v) is 3.15. The number of rotatable bonds is 7. The number of ether oxygens (including phenoxy) is 1. The Morgan fingerprint density at radius 3 is 2.26 bits per heavy atom. The van der Waals surface area contributed by atoms with Gasteiger partial charge in [0.25, 0.3) is 0 Å².